The van der Waals surface area contributed by atoms with Crippen molar-refractivity contribution in [2.45, 2.75) is 25.9 Å². The molecule has 0 fully saturated rings. The molecule has 2 N–H and O–H groups in total. The first kappa shape index (κ1) is 10.2. The van der Waals surface area contributed by atoms with Crippen LogP contribution in [0.4, 0.5) is 4.39 Å². The molecular weight excluding hydrogens is 165 g/mol. The zero-order chi connectivity index (χ0) is 9.90. The lowest BCUT2D eigenvalue weighted by Crippen LogP contribution is -2.29. The quantitative estimate of drug-likeness (QED) is 0.761. The zero-order valence-electron chi connectivity index (χ0n) is 8.18. The van der Waals surface area contributed by atoms with E-state index < -0.39 is 5.67 Å². The number of halogens is 1. The van der Waals surface area contributed by atoms with Crippen molar-refractivity contribution in [3.63, 3.8) is 0 Å². The van der Waals surface area contributed by atoms with E-state index in [4.69, 9.17) is 5.73 Å². The van der Waals surface area contributed by atoms with Crippen molar-refractivity contribution in [3.05, 3.63) is 35.4 Å². The molecule has 2 heteroatoms. The predicted octanol–water partition coefficient (Wildman–Crippen LogP) is 2.53. The minimum Gasteiger partial charge on any atom is -0.327 e. The van der Waals surface area contributed by atoms with Crippen molar-refractivity contribution < 1.29 is 4.39 Å². The number of benzene rings is 1. The Kier molecular flexibility index (Phi) is 3.04. The Morgan fingerprint density at radius 3 is 2.23 bits per heavy atom. The van der Waals surface area contributed by atoms with Crippen molar-refractivity contribution in [1.82, 2.24) is 0 Å². The van der Waals surface area contributed by atoms with Gasteiger partial charge in [0, 0.05) is 6.54 Å². The van der Waals surface area contributed by atoms with E-state index in [0.717, 1.165) is 5.56 Å². The molecule has 0 saturated carbocycles. The molecule has 0 bridgehead atoms. The summed E-state index contributed by atoms with van der Waals surface area (Å²) in [4.78, 5) is 0. The van der Waals surface area contributed by atoms with Gasteiger partial charge in [0.2, 0.25) is 0 Å². The highest BCUT2D eigenvalue weighted by Gasteiger charge is 2.27. The Morgan fingerprint density at radius 1 is 1.31 bits per heavy atom. The normalized spacial score (nSPS) is 15.4. The third kappa shape index (κ3) is 2.07. The largest absolute Gasteiger partial charge is 0.327 e. The molecule has 0 unspecified atom stereocenters. The number of alkyl halides is 1. The topological polar surface area (TPSA) is 26.0 Å². The average Bonchev–Trinajstić information content (AvgIpc) is 2.18. The Bertz CT molecular complexity index is 262. The van der Waals surface area contributed by atoms with E-state index in [9.17, 15) is 4.39 Å². The van der Waals surface area contributed by atoms with Gasteiger partial charge in [-0.2, -0.15) is 0 Å². The summed E-state index contributed by atoms with van der Waals surface area (Å²) >= 11 is 0. The number of hydrogen-bond donors (Lipinski definition) is 1. The lowest BCUT2D eigenvalue weighted by atomic mass is 9.93. The Morgan fingerprint density at radius 2 is 1.85 bits per heavy atom. The van der Waals surface area contributed by atoms with E-state index in [1.807, 2.05) is 38.1 Å². The Hall–Kier alpha value is -0.890. The van der Waals surface area contributed by atoms with Crippen LogP contribution in [-0.2, 0) is 5.67 Å². The van der Waals surface area contributed by atoms with Crippen molar-refractivity contribution in [3.8, 4) is 0 Å². The van der Waals surface area contributed by atoms with Crippen LogP contribution in [-0.4, -0.2) is 6.54 Å². The molecule has 0 radical (unpaired) electrons. The fraction of sp³-hybridized carbons (Fsp3) is 0.455. The molecule has 0 aliphatic rings. The van der Waals surface area contributed by atoms with E-state index in [0.29, 0.717) is 12.0 Å². The van der Waals surface area contributed by atoms with Crippen LogP contribution in [0.5, 0.6) is 0 Å². The van der Waals surface area contributed by atoms with Crippen molar-refractivity contribution >= 4 is 0 Å². The Balaban J connectivity index is 2.99. The standard InChI is InChI=1S/C11H16FN/c1-3-11(12,8-13)10-6-4-9(2)5-7-10/h4-7H,3,8,13H2,1-2H3/t11-/m0/s1. The van der Waals surface area contributed by atoms with Crippen LogP contribution in [0.2, 0.25) is 0 Å². The number of hydrogen-bond acceptors (Lipinski definition) is 1. The second kappa shape index (κ2) is 3.88. The van der Waals surface area contributed by atoms with Gasteiger partial charge in [-0.1, -0.05) is 36.8 Å². The van der Waals surface area contributed by atoms with E-state index in [1.165, 1.54) is 0 Å². The van der Waals surface area contributed by atoms with Crippen LogP contribution in [0.15, 0.2) is 24.3 Å². The smallest absolute Gasteiger partial charge is 0.147 e. The zero-order valence-corrected chi connectivity index (χ0v) is 8.18. The third-order valence-corrected chi connectivity index (χ3v) is 2.45. The SMILES string of the molecule is CC[C@](F)(CN)c1ccc(C)cc1. The molecular formula is C11H16FN. The van der Waals surface area contributed by atoms with Crippen LogP contribution in [0.1, 0.15) is 24.5 Å². The number of aryl methyl sites for hydroxylation is 1. The van der Waals surface area contributed by atoms with Gasteiger partial charge in [-0.15, -0.1) is 0 Å². The average molecular weight is 181 g/mol. The molecule has 0 aliphatic carbocycles. The molecule has 0 spiro atoms. The van der Waals surface area contributed by atoms with Crippen LogP contribution >= 0.6 is 0 Å². The van der Waals surface area contributed by atoms with Crippen molar-refractivity contribution in [2.24, 2.45) is 5.73 Å². The highest BCUT2D eigenvalue weighted by atomic mass is 19.1. The van der Waals surface area contributed by atoms with Gasteiger partial charge in [-0.05, 0) is 18.9 Å². The predicted molar refractivity (Wildman–Crippen MR) is 53.3 cm³/mol. The van der Waals surface area contributed by atoms with Crippen molar-refractivity contribution in [1.29, 1.82) is 0 Å². The number of nitrogens with two attached hydrogens (primary N) is 1. The molecule has 1 nitrogen and oxygen atoms in total. The van der Waals surface area contributed by atoms with Gasteiger partial charge in [-0.3, -0.25) is 0 Å². The van der Waals surface area contributed by atoms with E-state index in [2.05, 4.69) is 0 Å². The molecule has 0 saturated heterocycles. The molecule has 0 aliphatic heterocycles. The second-order valence-corrected chi connectivity index (χ2v) is 3.39. The summed E-state index contributed by atoms with van der Waals surface area (Å²) in [5.74, 6) is 0. The highest BCUT2D eigenvalue weighted by molar-refractivity contribution is 5.26. The van der Waals surface area contributed by atoms with Crippen LogP contribution < -0.4 is 5.73 Å². The number of rotatable bonds is 3. The molecule has 0 heterocycles. The fourth-order valence-corrected chi connectivity index (χ4v) is 1.32. The molecule has 1 aromatic carbocycles. The monoisotopic (exact) mass is 181 g/mol. The van der Waals surface area contributed by atoms with Gasteiger partial charge in [0.25, 0.3) is 0 Å². The molecule has 0 amide bonds. The first-order valence-electron chi connectivity index (χ1n) is 4.58. The molecule has 1 aromatic rings. The van der Waals surface area contributed by atoms with Gasteiger partial charge >= 0.3 is 0 Å². The van der Waals surface area contributed by atoms with Gasteiger partial charge < -0.3 is 5.73 Å². The van der Waals surface area contributed by atoms with Crippen LogP contribution in [0.3, 0.4) is 0 Å². The summed E-state index contributed by atoms with van der Waals surface area (Å²) in [5.41, 5.74) is 5.88. The minimum atomic E-state index is -1.35. The van der Waals surface area contributed by atoms with Crippen molar-refractivity contribution in [2.75, 3.05) is 6.54 Å². The third-order valence-electron chi connectivity index (χ3n) is 2.45. The van der Waals surface area contributed by atoms with Gasteiger partial charge in [0.15, 0.2) is 0 Å². The lowest BCUT2D eigenvalue weighted by Gasteiger charge is -2.22. The first-order chi connectivity index (χ1) is 6.12. The summed E-state index contributed by atoms with van der Waals surface area (Å²) in [6.07, 6.45) is 0.423. The summed E-state index contributed by atoms with van der Waals surface area (Å²) < 4.78 is 14.0. The molecule has 72 valence electrons. The molecule has 13 heavy (non-hydrogen) atoms. The maximum atomic E-state index is 14.0. The summed E-state index contributed by atoms with van der Waals surface area (Å²) in [7, 11) is 0. The van der Waals surface area contributed by atoms with E-state index in [-0.39, 0.29) is 6.54 Å². The lowest BCUT2D eigenvalue weighted by molar-refractivity contribution is 0.169. The van der Waals surface area contributed by atoms with Crippen LogP contribution in [0.25, 0.3) is 0 Å². The summed E-state index contributed by atoms with van der Waals surface area (Å²) in [5, 5.41) is 0. The van der Waals surface area contributed by atoms with Crippen LogP contribution in [0, 0.1) is 6.92 Å². The maximum Gasteiger partial charge on any atom is 0.147 e. The van der Waals surface area contributed by atoms with Gasteiger partial charge in [0.1, 0.15) is 5.67 Å². The van der Waals surface area contributed by atoms with E-state index in [1.54, 1.807) is 0 Å². The highest BCUT2D eigenvalue weighted by Crippen LogP contribution is 2.28. The maximum absolute atomic E-state index is 14.0. The minimum absolute atomic E-state index is 0.0482. The second-order valence-electron chi connectivity index (χ2n) is 3.39. The summed E-state index contributed by atoms with van der Waals surface area (Å²) in [6.45, 7) is 3.84. The van der Waals surface area contributed by atoms with E-state index >= 15 is 0 Å². The first-order valence-corrected chi connectivity index (χ1v) is 4.58. The Labute approximate surface area is 78.8 Å². The molecule has 0 aromatic heterocycles. The molecule has 1 rings (SSSR count). The fourth-order valence-electron chi connectivity index (χ4n) is 1.32. The summed E-state index contributed by atoms with van der Waals surface area (Å²) in [6, 6.07) is 7.45. The van der Waals surface area contributed by atoms with Gasteiger partial charge in [-0.25, -0.2) is 4.39 Å². The van der Waals surface area contributed by atoms with Gasteiger partial charge in [0.05, 0.1) is 0 Å². The molecule has 1 atom stereocenters.